The molecular weight excluding hydrogens is 402 g/mol. The first kappa shape index (κ1) is 18.5. The largest absolute Gasteiger partial charge is 0.353 e. The van der Waals surface area contributed by atoms with Crippen LogP contribution in [0.2, 0.25) is 0 Å². The number of nitrogens with zero attached hydrogens (tertiary/aromatic N) is 7. The monoisotopic (exact) mass is 421 g/mol. The molecule has 5 heterocycles. The van der Waals surface area contributed by atoms with Crippen LogP contribution >= 0.6 is 11.3 Å². The molecule has 10 heteroatoms. The molecule has 152 valence electrons. The van der Waals surface area contributed by atoms with Gasteiger partial charge in [0.25, 0.3) is 5.56 Å². The van der Waals surface area contributed by atoms with Crippen LogP contribution in [0.15, 0.2) is 59.1 Å². The number of anilines is 1. The van der Waals surface area contributed by atoms with Crippen LogP contribution in [0.25, 0.3) is 16.1 Å². The van der Waals surface area contributed by atoms with E-state index in [0.29, 0.717) is 31.7 Å². The molecule has 0 aliphatic carbocycles. The Morgan fingerprint density at radius 2 is 1.97 bits per heavy atom. The first-order valence-corrected chi connectivity index (χ1v) is 10.5. The number of thiophene rings is 1. The number of piperazine rings is 1. The van der Waals surface area contributed by atoms with Crippen molar-refractivity contribution in [1.29, 1.82) is 0 Å². The third-order valence-electron chi connectivity index (χ3n) is 5.15. The fraction of sp³-hybridized carbons (Fsp3) is 0.250. The number of carbonyl (C=O) groups excluding carboxylic acids is 1. The highest BCUT2D eigenvalue weighted by Crippen LogP contribution is 2.23. The summed E-state index contributed by atoms with van der Waals surface area (Å²) in [5.74, 6) is 0.794. The molecule has 0 radical (unpaired) electrons. The van der Waals surface area contributed by atoms with E-state index in [9.17, 15) is 9.59 Å². The van der Waals surface area contributed by atoms with Gasteiger partial charge in [0, 0.05) is 32.4 Å². The molecule has 1 aliphatic rings. The summed E-state index contributed by atoms with van der Waals surface area (Å²) in [4.78, 5) is 34.8. The lowest BCUT2D eigenvalue weighted by molar-refractivity contribution is -0.132. The highest BCUT2D eigenvalue weighted by atomic mass is 32.1. The van der Waals surface area contributed by atoms with Gasteiger partial charge in [-0.15, -0.1) is 11.3 Å². The van der Waals surface area contributed by atoms with Crippen molar-refractivity contribution in [3.8, 4) is 10.6 Å². The standard InChI is InChI=1S/C20H19N7O2S/c28-19(25-9-7-24(8-10-25)18-5-1-2-6-21-18)13-26-20(29)16-12-15(17-4-3-11-30-17)23-27(16)14-22-26/h1-6,11-12,14H,7-10,13H2. The number of hydrogen-bond donors (Lipinski definition) is 0. The molecule has 1 amide bonds. The third-order valence-corrected chi connectivity index (χ3v) is 6.05. The predicted octanol–water partition coefficient (Wildman–Crippen LogP) is 1.36. The van der Waals surface area contributed by atoms with E-state index in [2.05, 4.69) is 20.1 Å². The van der Waals surface area contributed by atoms with Crippen molar-refractivity contribution < 1.29 is 4.79 Å². The van der Waals surface area contributed by atoms with E-state index in [4.69, 9.17) is 0 Å². The van der Waals surface area contributed by atoms with Gasteiger partial charge >= 0.3 is 0 Å². The van der Waals surface area contributed by atoms with Crippen molar-refractivity contribution in [3.05, 3.63) is 64.7 Å². The number of pyridine rings is 1. The summed E-state index contributed by atoms with van der Waals surface area (Å²) in [7, 11) is 0. The van der Waals surface area contributed by atoms with Gasteiger partial charge in [-0.1, -0.05) is 12.1 Å². The Labute approximate surface area is 175 Å². The zero-order valence-electron chi connectivity index (χ0n) is 16.1. The van der Waals surface area contributed by atoms with Crippen molar-refractivity contribution >= 4 is 28.6 Å². The van der Waals surface area contributed by atoms with Crippen LogP contribution < -0.4 is 10.5 Å². The van der Waals surface area contributed by atoms with E-state index < -0.39 is 0 Å². The summed E-state index contributed by atoms with van der Waals surface area (Å²) in [6, 6.07) is 11.4. The number of rotatable bonds is 4. The predicted molar refractivity (Wildman–Crippen MR) is 114 cm³/mol. The Morgan fingerprint density at radius 3 is 2.70 bits per heavy atom. The molecule has 1 aliphatic heterocycles. The quantitative estimate of drug-likeness (QED) is 0.494. The molecule has 4 aromatic rings. The van der Waals surface area contributed by atoms with Crippen molar-refractivity contribution in [2.45, 2.75) is 6.54 Å². The second kappa shape index (κ2) is 7.71. The van der Waals surface area contributed by atoms with Gasteiger partial charge in [-0.2, -0.15) is 10.2 Å². The van der Waals surface area contributed by atoms with Crippen LogP contribution in [0.3, 0.4) is 0 Å². The lowest BCUT2D eigenvalue weighted by atomic mass is 10.3. The number of carbonyl (C=O) groups is 1. The number of aromatic nitrogens is 5. The SMILES string of the molecule is O=C(Cn1ncn2nc(-c3cccs3)cc2c1=O)N1CCN(c2ccccn2)CC1. The second-order valence-corrected chi connectivity index (χ2v) is 7.93. The van der Waals surface area contributed by atoms with Crippen LogP contribution in [0.1, 0.15) is 0 Å². The van der Waals surface area contributed by atoms with Gasteiger partial charge in [-0.05, 0) is 29.6 Å². The van der Waals surface area contributed by atoms with Gasteiger partial charge < -0.3 is 9.80 Å². The Hall–Kier alpha value is -3.53. The van der Waals surface area contributed by atoms with E-state index in [-0.39, 0.29) is 18.0 Å². The van der Waals surface area contributed by atoms with Gasteiger partial charge in [0.15, 0.2) is 0 Å². The van der Waals surface area contributed by atoms with Crippen LogP contribution in [0.4, 0.5) is 5.82 Å². The first-order valence-electron chi connectivity index (χ1n) is 9.62. The van der Waals surface area contributed by atoms with Crippen LogP contribution in [0, 0.1) is 0 Å². The Morgan fingerprint density at radius 1 is 1.10 bits per heavy atom. The summed E-state index contributed by atoms with van der Waals surface area (Å²) >= 11 is 1.55. The minimum Gasteiger partial charge on any atom is -0.353 e. The first-order chi connectivity index (χ1) is 14.7. The minimum atomic E-state index is -0.326. The van der Waals surface area contributed by atoms with Gasteiger partial charge in [-0.3, -0.25) is 9.59 Å². The maximum atomic E-state index is 12.8. The molecule has 0 aromatic carbocycles. The number of hydrogen-bond acceptors (Lipinski definition) is 7. The Kier molecular flexibility index (Phi) is 4.75. The highest BCUT2D eigenvalue weighted by molar-refractivity contribution is 7.13. The van der Waals surface area contributed by atoms with E-state index in [1.54, 1.807) is 28.5 Å². The lowest BCUT2D eigenvalue weighted by Gasteiger charge is -2.35. The van der Waals surface area contributed by atoms with E-state index in [1.807, 2.05) is 35.7 Å². The molecular formula is C20H19N7O2S. The lowest BCUT2D eigenvalue weighted by Crippen LogP contribution is -2.50. The molecule has 0 bridgehead atoms. The summed E-state index contributed by atoms with van der Waals surface area (Å²) in [5.41, 5.74) is 0.799. The second-order valence-electron chi connectivity index (χ2n) is 6.99. The molecule has 1 fully saturated rings. The van der Waals surface area contributed by atoms with Crippen LogP contribution in [0.5, 0.6) is 0 Å². The van der Waals surface area contributed by atoms with Crippen molar-refractivity contribution in [1.82, 2.24) is 29.3 Å². The van der Waals surface area contributed by atoms with Crippen LogP contribution in [-0.2, 0) is 11.3 Å². The Bertz CT molecular complexity index is 1230. The van der Waals surface area contributed by atoms with Crippen molar-refractivity contribution in [2.75, 3.05) is 31.1 Å². The Balaban J connectivity index is 1.29. The minimum absolute atomic E-state index is 0.0849. The summed E-state index contributed by atoms with van der Waals surface area (Å²) in [6.07, 6.45) is 3.24. The van der Waals surface area contributed by atoms with Gasteiger partial charge in [0.05, 0.1) is 4.88 Å². The highest BCUT2D eigenvalue weighted by Gasteiger charge is 2.23. The maximum absolute atomic E-state index is 12.8. The summed E-state index contributed by atoms with van der Waals surface area (Å²) < 4.78 is 2.67. The summed E-state index contributed by atoms with van der Waals surface area (Å²) in [5, 5.41) is 10.5. The molecule has 0 unspecified atom stereocenters. The van der Waals surface area contributed by atoms with Crippen molar-refractivity contribution in [2.24, 2.45) is 0 Å². The van der Waals surface area contributed by atoms with E-state index in [1.165, 1.54) is 15.5 Å². The zero-order valence-corrected chi connectivity index (χ0v) is 16.9. The number of fused-ring (bicyclic) bond motifs is 1. The van der Waals surface area contributed by atoms with Gasteiger partial charge in [0.1, 0.15) is 29.9 Å². The molecule has 0 N–H and O–H groups in total. The fourth-order valence-electron chi connectivity index (χ4n) is 3.55. The average Bonchev–Trinajstić information content (AvgIpc) is 3.46. The molecule has 5 rings (SSSR count). The molecule has 0 atom stereocenters. The topological polar surface area (TPSA) is 88.6 Å². The fourth-order valence-corrected chi connectivity index (χ4v) is 4.23. The molecule has 0 spiro atoms. The molecule has 9 nitrogen and oxygen atoms in total. The van der Waals surface area contributed by atoms with E-state index in [0.717, 1.165) is 16.4 Å². The molecule has 1 saturated heterocycles. The van der Waals surface area contributed by atoms with Gasteiger partial charge in [0.2, 0.25) is 5.91 Å². The van der Waals surface area contributed by atoms with Crippen molar-refractivity contribution in [3.63, 3.8) is 0 Å². The summed E-state index contributed by atoms with van der Waals surface area (Å²) in [6.45, 7) is 2.50. The molecule has 4 aromatic heterocycles. The maximum Gasteiger partial charge on any atom is 0.293 e. The molecule has 30 heavy (non-hydrogen) atoms. The zero-order chi connectivity index (χ0) is 20.5. The normalized spacial score (nSPS) is 14.4. The van der Waals surface area contributed by atoms with Crippen LogP contribution in [-0.4, -0.2) is 61.4 Å². The van der Waals surface area contributed by atoms with Gasteiger partial charge in [-0.25, -0.2) is 14.2 Å². The smallest absolute Gasteiger partial charge is 0.293 e. The third kappa shape index (κ3) is 3.45. The number of amides is 1. The van der Waals surface area contributed by atoms with E-state index >= 15 is 0 Å². The molecule has 0 saturated carbocycles. The average molecular weight is 421 g/mol.